The first-order valence-corrected chi connectivity index (χ1v) is 10.3. The number of aromatic nitrogens is 3. The van der Waals surface area contributed by atoms with Gasteiger partial charge in [0, 0.05) is 11.8 Å². The summed E-state index contributed by atoms with van der Waals surface area (Å²) < 4.78 is 12.5. The summed E-state index contributed by atoms with van der Waals surface area (Å²) in [7, 11) is 1.64. The van der Waals surface area contributed by atoms with Gasteiger partial charge in [0.2, 0.25) is 0 Å². The topological polar surface area (TPSA) is 65.7 Å². The van der Waals surface area contributed by atoms with E-state index in [2.05, 4.69) is 10.1 Å². The van der Waals surface area contributed by atoms with Gasteiger partial charge in [-0.3, -0.25) is 4.79 Å². The monoisotopic (exact) mass is 415 g/mol. The molecule has 0 saturated heterocycles. The first-order valence-electron chi connectivity index (χ1n) is 10.3. The second kappa shape index (κ2) is 8.60. The van der Waals surface area contributed by atoms with Crippen molar-refractivity contribution in [2.75, 3.05) is 13.7 Å². The Morgan fingerprint density at radius 3 is 2.48 bits per heavy atom. The van der Waals surface area contributed by atoms with Crippen molar-refractivity contribution in [1.82, 2.24) is 14.6 Å². The molecule has 0 bridgehead atoms. The number of nitrogens with zero attached hydrogens (tertiary/aromatic N) is 3. The van der Waals surface area contributed by atoms with Gasteiger partial charge in [-0.15, -0.1) is 0 Å². The van der Waals surface area contributed by atoms with Gasteiger partial charge >= 0.3 is 5.97 Å². The van der Waals surface area contributed by atoms with E-state index in [9.17, 15) is 4.79 Å². The molecule has 4 rings (SSSR count). The molecular formula is C25H25N3O3. The molecule has 2 aromatic heterocycles. The Bertz CT molecular complexity index is 1190. The minimum atomic E-state index is -0.929. The number of ether oxygens (including phenoxy) is 2. The predicted octanol–water partition coefficient (Wildman–Crippen LogP) is 4.47. The zero-order valence-corrected chi connectivity index (χ0v) is 17.9. The van der Waals surface area contributed by atoms with Gasteiger partial charge in [-0.1, -0.05) is 42.5 Å². The molecule has 0 N–H and O–H groups in total. The third-order valence-electron chi connectivity index (χ3n) is 5.49. The smallest absolute Gasteiger partial charge is 0.318 e. The summed E-state index contributed by atoms with van der Waals surface area (Å²) in [5.74, 6) is 0.500. The van der Waals surface area contributed by atoms with Crippen LogP contribution in [0.25, 0.3) is 16.8 Å². The van der Waals surface area contributed by atoms with Gasteiger partial charge in [-0.2, -0.15) is 5.10 Å². The maximum atomic E-state index is 13.2. The van der Waals surface area contributed by atoms with Crippen LogP contribution >= 0.6 is 0 Å². The van der Waals surface area contributed by atoms with Crippen LogP contribution in [0.5, 0.6) is 5.75 Å². The maximum absolute atomic E-state index is 13.2. The Kier molecular flexibility index (Phi) is 5.71. The fraction of sp³-hybridized carbons (Fsp3) is 0.240. The van der Waals surface area contributed by atoms with E-state index in [1.165, 1.54) is 0 Å². The molecule has 1 atom stereocenters. The SMILES string of the molecule is CCOC(=O)C(C)(Cc1ccccc1)c1ccnc2c(-c3ccc(OC)cc3)cnn12. The molecule has 0 radical (unpaired) electrons. The number of esters is 1. The van der Waals surface area contributed by atoms with Crippen LogP contribution in [0, 0.1) is 0 Å². The van der Waals surface area contributed by atoms with Crippen molar-refractivity contribution in [3.05, 3.63) is 84.3 Å². The summed E-state index contributed by atoms with van der Waals surface area (Å²) in [6.45, 7) is 4.04. The second-order valence-electron chi connectivity index (χ2n) is 7.57. The third-order valence-corrected chi connectivity index (χ3v) is 5.49. The number of methoxy groups -OCH3 is 1. The molecule has 0 aliphatic heterocycles. The molecule has 2 heterocycles. The van der Waals surface area contributed by atoms with Crippen molar-refractivity contribution in [3.63, 3.8) is 0 Å². The zero-order valence-electron chi connectivity index (χ0n) is 17.9. The molecule has 0 aliphatic carbocycles. The summed E-state index contributed by atoms with van der Waals surface area (Å²) in [5.41, 5.74) is 3.40. The van der Waals surface area contributed by atoms with E-state index in [1.54, 1.807) is 24.0 Å². The molecular weight excluding hydrogens is 390 g/mol. The number of benzene rings is 2. The lowest BCUT2D eigenvalue weighted by Gasteiger charge is -2.28. The summed E-state index contributed by atoms with van der Waals surface area (Å²) in [4.78, 5) is 17.7. The summed E-state index contributed by atoms with van der Waals surface area (Å²) >= 11 is 0. The highest BCUT2D eigenvalue weighted by atomic mass is 16.5. The lowest BCUT2D eigenvalue weighted by atomic mass is 9.80. The highest BCUT2D eigenvalue weighted by molar-refractivity contribution is 5.84. The van der Waals surface area contributed by atoms with Crippen LogP contribution in [-0.4, -0.2) is 34.3 Å². The Labute approximate surface area is 181 Å². The van der Waals surface area contributed by atoms with E-state index < -0.39 is 5.41 Å². The van der Waals surface area contributed by atoms with Gasteiger partial charge in [-0.05, 0) is 49.6 Å². The van der Waals surface area contributed by atoms with Crippen LogP contribution in [0.3, 0.4) is 0 Å². The standard InChI is InChI=1S/C25H25N3O3/c1-4-31-24(29)25(2,16-18-8-6-5-7-9-18)22-14-15-26-23-21(17-27-28(22)23)19-10-12-20(30-3)13-11-19/h5-15,17H,4,16H2,1-3H3. The molecule has 2 aromatic carbocycles. The third kappa shape index (κ3) is 3.89. The highest BCUT2D eigenvalue weighted by Crippen LogP contribution is 2.32. The number of rotatable bonds is 7. The van der Waals surface area contributed by atoms with E-state index >= 15 is 0 Å². The molecule has 0 fully saturated rings. The average molecular weight is 415 g/mol. The van der Waals surface area contributed by atoms with Crippen LogP contribution in [0.15, 0.2) is 73.1 Å². The molecule has 31 heavy (non-hydrogen) atoms. The molecule has 6 nitrogen and oxygen atoms in total. The van der Waals surface area contributed by atoms with Crippen molar-refractivity contribution in [3.8, 4) is 16.9 Å². The number of fused-ring (bicyclic) bond motifs is 1. The second-order valence-corrected chi connectivity index (χ2v) is 7.57. The molecule has 1 unspecified atom stereocenters. The number of carbonyl (C=O) groups excluding carboxylic acids is 1. The van der Waals surface area contributed by atoms with Gasteiger partial charge in [-0.25, -0.2) is 9.50 Å². The first-order chi connectivity index (χ1) is 15.1. The predicted molar refractivity (Wildman–Crippen MR) is 119 cm³/mol. The van der Waals surface area contributed by atoms with Crippen molar-refractivity contribution < 1.29 is 14.3 Å². The van der Waals surface area contributed by atoms with Crippen LogP contribution < -0.4 is 4.74 Å². The fourth-order valence-corrected chi connectivity index (χ4v) is 3.85. The van der Waals surface area contributed by atoms with Crippen molar-refractivity contribution >= 4 is 11.6 Å². The fourth-order valence-electron chi connectivity index (χ4n) is 3.85. The molecule has 6 heteroatoms. The Balaban J connectivity index is 1.83. The Morgan fingerprint density at radius 1 is 1.06 bits per heavy atom. The normalized spacial score (nSPS) is 13.0. The van der Waals surface area contributed by atoms with Crippen LogP contribution in [0.1, 0.15) is 25.1 Å². The largest absolute Gasteiger partial charge is 0.497 e. The minimum Gasteiger partial charge on any atom is -0.497 e. The van der Waals surface area contributed by atoms with E-state index in [0.29, 0.717) is 18.7 Å². The molecule has 0 amide bonds. The highest BCUT2D eigenvalue weighted by Gasteiger charge is 2.39. The number of hydrogen-bond acceptors (Lipinski definition) is 5. The first kappa shape index (κ1) is 20.6. The lowest BCUT2D eigenvalue weighted by molar-refractivity contribution is -0.149. The Morgan fingerprint density at radius 2 is 1.81 bits per heavy atom. The summed E-state index contributed by atoms with van der Waals surface area (Å²) in [6, 6.07) is 19.5. The zero-order chi connectivity index (χ0) is 21.8. The molecule has 0 saturated carbocycles. The van der Waals surface area contributed by atoms with Crippen molar-refractivity contribution in [2.45, 2.75) is 25.7 Å². The van der Waals surface area contributed by atoms with Gasteiger partial charge in [0.25, 0.3) is 0 Å². The van der Waals surface area contributed by atoms with Gasteiger partial charge in [0.05, 0.1) is 25.6 Å². The number of carbonyl (C=O) groups is 1. The summed E-state index contributed by atoms with van der Waals surface area (Å²) in [5, 5.41) is 4.60. The van der Waals surface area contributed by atoms with Crippen molar-refractivity contribution in [1.29, 1.82) is 0 Å². The van der Waals surface area contributed by atoms with Gasteiger partial charge < -0.3 is 9.47 Å². The minimum absolute atomic E-state index is 0.284. The quantitative estimate of drug-likeness (QED) is 0.417. The van der Waals surface area contributed by atoms with E-state index in [-0.39, 0.29) is 5.97 Å². The van der Waals surface area contributed by atoms with E-state index in [0.717, 1.165) is 28.1 Å². The molecule has 0 aliphatic rings. The molecule has 158 valence electrons. The van der Waals surface area contributed by atoms with Gasteiger partial charge in [0.1, 0.15) is 11.2 Å². The Hall–Kier alpha value is -3.67. The summed E-state index contributed by atoms with van der Waals surface area (Å²) in [6.07, 6.45) is 3.99. The van der Waals surface area contributed by atoms with E-state index in [4.69, 9.17) is 9.47 Å². The van der Waals surface area contributed by atoms with Gasteiger partial charge in [0.15, 0.2) is 5.65 Å². The van der Waals surface area contributed by atoms with Crippen LogP contribution in [0.4, 0.5) is 0 Å². The van der Waals surface area contributed by atoms with Crippen LogP contribution in [-0.2, 0) is 21.4 Å². The molecule has 4 aromatic rings. The van der Waals surface area contributed by atoms with Crippen molar-refractivity contribution in [2.24, 2.45) is 0 Å². The van der Waals surface area contributed by atoms with Crippen LogP contribution in [0.2, 0.25) is 0 Å². The number of hydrogen-bond donors (Lipinski definition) is 0. The average Bonchev–Trinajstić information content (AvgIpc) is 3.24. The molecule has 0 spiro atoms. The maximum Gasteiger partial charge on any atom is 0.318 e. The van der Waals surface area contributed by atoms with E-state index in [1.807, 2.05) is 74.5 Å². The lowest BCUT2D eigenvalue weighted by Crippen LogP contribution is -2.38.